The molecule has 0 aliphatic rings. The van der Waals surface area contributed by atoms with Crippen molar-refractivity contribution in [2.24, 2.45) is 0 Å². The van der Waals surface area contributed by atoms with E-state index in [0.717, 1.165) is 4.47 Å². The lowest BCUT2D eigenvalue weighted by Gasteiger charge is -1.85. The first-order chi connectivity index (χ1) is 7.20. The van der Waals surface area contributed by atoms with Crippen molar-refractivity contribution in [2.45, 2.75) is 12.8 Å². The Kier molecular flexibility index (Phi) is 8.69. The van der Waals surface area contributed by atoms with Crippen LogP contribution in [0.3, 0.4) is 0 Å². The molecule has 1 aromatic rings. The van der Waals surface area contributed by atoms with Gasteiger partial charge < -0.3 is 0 Å². The molecule has 0 bridgehead atoms. The van der Waals surface area contributed by atoms with Crippen LogP contribution in [0.4, 0.5) is 0 Å². The molecule has 0 unspecified atom stereocenters. The molecule has 0 fully saturated rings. The molecule has 2 heteroatoms. The smallest absolute Gasteiger partial charge is 0.140 e. The second-order valence-electron chi connectivity index (χ2n) is 2.82. The lowest BCUT2D eigenvalue weighted by Crippen LogP contribution is -1.90. The molecule has 0 heterocycles. The average molecular weight is 267 g/mol. The highest BCUT2D eigenvalue weighted by molar-refractivity contribution is 9.10. The van der Waals surface area contributed by atoms with Crippen LogP contribution < -0.4 is 0 Å². The minimum Gasteiger partial charge on any atom is -0.299 e. The van der Waals surface area contributed by atoms with Crippen molar-refractivity contribution < 1.29 is 4.79 Å². The highest BCUT2D eigenvalue weighted by atomic mass is 79.9. The maximum absolute atomic E-state index is 10.5. The van der Waals surface area contributed by atoms with Crippen LogP contribution in [0.25, 0.3) is 0 Å². The Labute approximate surface area is 99.6 Å². The Bertz CT molecular complexity index is 292. The van der Waals surface area contributed by atoms with E-state index in [1.165, 1.54) is 0 Å². The molecular weight excluding hydrogens is 252 g/mol. The van der Waals surface area contributed by atoms with Gasteiger partial charge in [-0.1, -0.05) is 46.3 Å². The van der Waals surface area contributed by atoms with Crippen LogP contribution in [0.15, 0.2) is 60.1 Å². The first kappa shape index (κ1) is 13.8. The first-order valence-electron chi connectivity index (χ1n) is 4.64. The van der Waals surface area contributed by atoms with Gasteiger partial charge in [0, 0.05) is 17.3 Å². The summed E-state index contributed by atoms with van der Waals surface area (Å²) >= 11 is 3.31. The summed E-state index contributed by atoms with van der Waals surface area (Å²) in [6.07, 6.45) is 4.13. The number of ketones is 1. The number of hydrogen-bond acceptors (Lipinski definition) is 1. The Hall–Kier alpha value is -1.15. The summed E-state index contributed by atoms with van der Waals surface area (Å²) in [5.74, 6) is 0.176. The highest BCUT2D eigenvalue weighted by Crippen LogP contribution is 2.05. The number of Topliss-reactive ketones (excluding diaryl/α,β-unsaturated/α-hetero) is 1. The summed E-state index contributed by atoms with van der Waals surface area (Å²) in [5, 5.41) is 0. The molecule has 0 aromatic heterocycles. The van der Waals surface area contributed by atoms with Gasteiger partial charge in [0.05, 0.1) is 0 Å². The molecule has 0 N–H and O–H groups in total. The normalized spacial score (nSPS) is 8.33. The van der Waals surface area contributed by atoms with Crippen LogP contribution in [0, 0.1) is 0 Å². The van der Waals surface area contributed by atoms with Gasteiger partial charge >= 0.3 is 0 Å². The van der Waals surface area contributed by atoms with E-state index in [0.29, 0.717) is 12.8 Å². The number of rotatable bonds is 4. The molecule has 15 heavy (non-hydrogen) atoms. The minimum absolute atomic E-state index is 0.176. The molecule has 1 aromatic carbocycles. The molecule has 0 amide bonds. The molecule has 1 nitrogen and oxygen atoms in total. The van der Waals surface area contributed by atoms with Crippen molar-refractivity contribution >= 4 is 21.7 Å². The summed E-state index contributed by atoms with van der Waals surface area (Å²) < 4.78 is 1.13. The number of halogens is 1. The molecule has 0 saturated heterocycles. The number of hydrogen-bond donors (Lipinski definition) is 0. The van der Waals surface area contributed by atoms with Crippen molar-refractivity contribution in [1.82, 2.24) is 0 Å². The van der Waals surface area contributed by atoms with Crippen LogP contribution in [0.5, 0.6) is 0 Å². The number of carbonyl (C=O) groups excluding carboxylic acids is 1. The van der Waals surface area contributed by atoms with Crippen molar-refractivity contribution in [3.05, 3.63) is 60.1 Å². The minimum atomic E-state index is 0.176. The van der Waals surface area contributed by atoms with Gasteiger partial charge in [0.1, 0.15) is 5.78 Å². The summed E-state index contributed by atoms with van der Waals surface area (Å²) in [6.45, 7) is 6.86. The monoisotopic (exact) mass is 266 g/mol. The van der Waals surface area contributed by atoms with Crippen molar-refractivity contribution in [1.29, 1.82) is 0 Å². The first-order valence-corrected chi connectivity index (χ1v) is 5.44. The van der Waals surface area contributed by atoms with Crippen LogP contribution in [0.2, 0.25) is 0 Å². The third-order valence-corrected chi connectivity index (χ3v) is 2.01. The maximum Gasteiger partial charge on any atom is 0.140 e. The van der Waals surface area contributed by atoms with Crippen molar-refractivity contribution in [2.75, 3.05) is 0 Å². The Morgan fingerprint density at radius 2 is 1.60 bits per heavy atom. The SMILES string of the molecule is Brc1ccccc1.C=CCC(=O)CC=C. The van der Waals surface area contributed by atoms with Gasteiger partial charge in [-0.2, -0.15) is 0 Å². The topological polar surface area (TPSA) is 17.1 Å². The van der Waals surface area contributed by atoms with Crippen LogP contribution in [0.1, 0.15) is 12.8 Å². The average Bonchev–Trinajstić information content (AvgIpc) is 2.20. The predicted molar refractivity (Wildman–Crippen MR) is 68.8 cm³/mol. The second kappa shape index (κ2) is 9.41. The van der Waals surface area contributed by atoms with E-state index in [2.05, 4.69) is 29.1 Å². The number of benzene rings is 1. The molecule has 0 saturated carbocycles. The van der Waals surface area contributed by atoms with E-state index in [9.17, 15) is 4.79 Å². The van der Waals surface area contributed by atoms with E-state index in [-0.39, 0.29) is 5.78 Å². The van der Waals surface area contributed by atoms with E-state index in [4.69, 9.17) is 0 Å². The lowest BCUT2D eigenvalue weighted by molar-refractivity contribution is -0.117. The lowest BCUT2D eigenvalue weighted by atomic mass is 10.2. The van der Waals surface area contributed by atoms with Crippen LogP contribution in [-0.4, -0.2) is 5.78 Å². The van der Waals surface area contributed by atoms with E-state index >= 15 is 0 Å². The van der Waals surface area contributed by atoms with E-state index < -0.39 is 0 Å². The third kappa shape index (κ3) is 9.16. The van der Waals surface area contributed by atoms with Gasteiger partial charge in [-0.3, -0.25) is 4.79 Å². The van der Waals surface area contributed by atoms with Crippen molar-refractivity contribution in [3.8, 4) is 0 Å². The fourth-order valence-corrected chi connectivity index (χ4v) is 1.13. The zero-order chi connectivity index (χ0) is 11.5. The zero-order valence-corrected chi connectivity index (χ0v) is 10.2. The molecular formula is C13H15BrO. The highest BCUT2D eigenvalue weighted by Gasteiger charge is 1.91. The van der Waals surface area contributed by atoms with Gasteiger partial charge in [-0.25, -0.2) is 0 Å². The molecule has 1 rings (SSSR count). The van der Waals surface area contributed by atoms with Gasteiger partial charge in [-0.15, -0.1) is 13.2 Å². The van der Waals surface area contributed by atoms with E-state index in [1.54, 1.807) is 12.2 Å². The molecule has 0 radical (unpaired) electrons. The molecule has 80 valence electrons. The zero-order valence-electron chi connectivity index (χ0n) is 8.66. The fraction of sp³-hybridized carbons (Fsp3) is 0.154. The molecule has 0 atom stereocenters. The van der Waals surface area contributed by atoms with Gasteiger partial charge in [0.25, 0.3) is 0 Å². The largest absolute Gasteiger partial charge is 0.299 e. The molecule has 0 aliphatic carbocycles. The van der Waals surface area contributed by atoms with Crippen LogP contribution >= 0.6 is 15.9 Å². The molecule has 0 aliphatic heterocycles. The van der Waals surface area contributed by atoms with Gasteiger partial charge in [-0.05, 0) is 12.1 Å². The van der Waals surface area contributed by atoms with E-state index in [1.807, 2.05) is 30.3 Å². The Balaban J connectivity index is 0.000000262. The van der Waals surface area contributed by atoms with Gasteiger partial charge in [0.15, 0.2) is 0 Å². The Morgan fingerprint density at radius 1 is 1.13 bits per heavy atom. The number of allylic oxidation sites excluding steroid dienone is 2. The maximum atomic E-state index is 10.5. The Morgan fingerprint density at radius 3 is 1.87 bits per heavy atom. The standard InChI is InChI=1S/C7H10O.C6H5Br/c1-3-5-7(8)6-4-2;7-6-4-2-1-3-5-6/h3-4H,1-2,5-6H2;1-5H. The summed E-state index contributed by atoms with van der Waals surface area (Å²) in [5.41, 5.74) is 0. The summed E-state index contributed by atoms with van der Waals surface area (Å²) in [7, 11) is 0. The number of carbonyl (C=O) groups is 1. The summed E-state index contributed by atoms with van der Waals surface area (Å²) in [6, 6.07) is 9.97. The third-order valence-electron chi connectivity index (χ3n) is 1.48. The quantitative estimate of drug-likeness (QED) is 0.749. The predicted octanol–water partition coefficient (Wildman–Crippen LogP) is 4.16. The summed E-state index contributed by atoms with van der Waals surface area (Å²) in [4.78, 5) is 10.5. The fourth-order valence-electron chi connectivity index (χ4n) is 0.820. The van der Waals surface area contributed by atoms with Crippen LogP contribution in [-0.2, 0) is 4.79 Å². The molecule has 0 spiro atoms. The van der Waals surface area contributed by atoms with Gasteiger partial charge in [0.2, 0.25) is 0 Å². The second-order valence-corrected chi connectivity index (χ2v) is 3.74. The van der Waals surface area contributed by atoms with Crippen molar-refractivity contribution in [3.63, 3.8) is 0 Å².